The molecule has 32 heavy (non-hydrogen) atoms. The fourth-order valence-corrected chi connectivity index (χ4v) is 4.10. The van der Waals surface area contributed by atoms with E-state index in [2.05, 4.69) is 15.0 Å². The Labute approximate surface area is 186 Å². The summed E-state index contributed by atoms with van der Waals surface area (Å²) in [6.45, 7) is 3.98. The minimum absolute atomic E-state index is 0.280. The van der Waals surface area contributed by atoms with Crippen molar-refractivity contribution in [2.45, 2.75) is 37.5 Å². The van der Waals surface area contributed by atoms with Crippen LogP contribution >= 0.6 is 0 Å². The highest BCUT2D eigenvalue weighted by Gasteiger charge is 2.31. The van der Waals surface area contributed by atoms with Crippen LogP contribution < -0.4 is 10.0 Å². The maximum atomic E-state index is 13.1. The number of halogens is 3. The molecule has 0 aliphatic carbocycles. The maximum absolute atomic E-state index is 13.1. The summed E-state index contributed by atoms with van der Waals surface area (Å²) in [5.41, 5.74) is 0.635. The first-order chi connectivity index (χ1) is 15.0. The Kier molecular flexibility index (Phi) is 6.89. The van der Waals surface area contributed by atoms with Gasteiger partial charge in [-0.1, -0.05) is 0 Å². The standard InChI is InChI=1S/C21H24F3N5O2S/c1-5-29-18-12-14(21(22,23)24)6-11-17(18)26-19(29)13(2)27-32(31)16-9-7-15(8-10-16)25-20(30)28(3)4/h6-13,27H,5H2,1-4H3,(H,25,30)/t13-,32?/m1/s1. The number of carbonyl (C=O) groups excluding carboxylic acids is 1. The van der Waals surface area contributed by atoms with E-state index in [-0.39, 0.29) is 6.03 Å². The summed E-state index contributed by atoms with van der Waals surface area (Å²) < 4.78 is 56.7. The molecule has 0 saturated carbocycles. The van der Waals surface area contributed by atoms with Gasteiger partial charge in [-0.05, 0) is 56.3 Å². The summed E-state index contributed by atoms with van der Waals surface area (Å²) >= 11 is 0. The molecule has 0 aliphatic rings. The number of urea groups is 1. The van der Waals surface area contributed by atoms with E-state index < -0.39 is 28.8 Å². The van der Waals surface area contributed by atoms with E-state index in [9.17, 15) is 22.2 Å². The van der Waals surface area contributed by atoms with E-state index in [0.717, 1.165) is 12.1 Å². The Morgan fingerprint density at radius 2 is 1.84 bits per heavy atom. The Hall–Kier alpha value is -2.92. The summed E-state index contributed by atoms with van der Waals surface area (Å²) in [7, 11) is 1.64. The maximum Gasteiger partial charge on any atom is 0.416 e. The molecule has 2 amide bonds. The first kappa shape index (κ1) is 23.7. The van der Waals surface area contributed by atoms with Crippen LogP contribution in [0.4, 0.5) is 23.7 Å². The molecule has 0 aliphatic heterocycles. The zero-order chi connectivity index (χ0) is 23.6. The number of aryl methyl sites for hydroxylation is 1. The SMILES string of the molecule is CCn1c([C@@H](C)NS(=O)c2ccc(NC(=O)N(C)C)cc2)nc2ccc(C(F)(F)F)cc21. The van der Waals surface area contributed by atoms with Crippen molar-refractivity contribution < 1.29 is 22.2 Å². The zero-order valence-corrected chi connectivity index (χ0v) is 18.8. The number of rotatable bonds is 6. The van der Waals surface area contributed by atoms with Gasteiger partial charge in [-0.15, -0.1) is 0 Å². The van der Waals surface area contributed by atoms with Crippen LogP contribution in [0.3, 0.4) is 0 Å². The number of amides is 2. The number of imidazole rings is 1. The first-order valence-corrected chi connectivity index (χ1v) is 11.0. The third-order valence-electron chi connectivity index (χ3n) is 4.82. The van der Waals surface area contributed by atoms with E-state index in [1.807, 2.05) is 6.92 Å². The predicted molar refractivity (Wildman–Crippen MR) is 118 cm³/mol. The molecular formula is C21H24F3N5O2S. The molecule has 1 heterocycles. The van der Waals surface area contributed by atoms with E-state index in [0.29, 0.717) is 34.0 Å². The van der Waals surface area contributed by atoms with Crippen molar-refractivity contribution in [1.82, 2.24) is 19.2 Å². The van der Waals surface area contributed by atoms with E-state index >= 15 is 0 Å². The lowest BCUT2D eigenvalue weighted by Gasteiger charge is -2.15. The van der Waals surface area contributed by atoms with Crippen LogP contribution in [-0.2, 0) is 23.7 Å². The van der Waals surface area contributed by atoms with Crippen molar-refractivity contribution in [3.8, 4) is 0 Å². The molecule has 1 aromatic heterocycles. The van der Waals surface area contributed by atoms with Gasteiger partial charge in [0.2, 0.25) is 0 Å². The van der Waals surface area contributed by atoms with Gasteiger partial charge in [0, 0.05) is 26.3 Å². The molecule has 0 fully saturated rings. The van der Waals surface area contributed by atoms with Crippen molar-refractivity contribution in [3.63, 3.8) is 0 Å². The third-order valence-corrected chi connectivity index (χ3v) is 6.09. The minimum atomic E-state index is -4.44. The van der Waals surface area contributed by atoms with Gasteiger partial charge >= 0.3 is 12.2 Å². The molecule has 0 bridgehead atoms. The van der Waals surface area contributed by atoms with Crippen LogP contribution in [0.25, 0.3) is 11.0 Å². The summed E-state index contributed by atoms with van der Waals surface area (Å²) in [5, 5.41) is 2.69. The number of carbonyl (C=O) groups is 1. The zero-order valence-electron chi connectivity index (χ0n) is 18.0. The molecule has 172 valence electrons. The van der Waals surface area contributed by atoms with Crippen LogP contribution in [0.15, 0.2) is 47.4 Å². The Bertz CT molecular complexity index is 1140. The van der Waals surface area contributed by atoms with Gasteiger partial charge in [0.1, 0.15) is 16.8 Å². The molecule has 3 aromatic rings. The van der Waals surface area contributed by atoms with Crippen molar-refractivity contribution in [1.29, 1.82) is 0 Å². The number of benzene rings is 2. The minimum Gasteiger partial charge on any atom is -0.331 e. The molecule has 2 atom stereocenters. The summed E-state index contributed by atoms with van der Waals surface area (Å²) in [5.74, 6) is 0.491. The number of aromatic nitrogens is 2. The molecule has 0 spiro atoms. The molecule has 0 radical (unpaired) electrons. The molecule has 2 aromatic carbocycles. The van der Waals surface area contributed by atoms with Crippen molar-refractivity contribution in [3.05, 3.63) is 53.9 Å². The number of alkyl halides is 3. The van der Waals surface area contributed by atoms with Gasteiger partial charge in [0.25, 0.3) is 0 Å². The number of anilines is 1. The highest BCUT2D eigenvalue weighted by Crippen LogP contribution is 2.32. The number of nitrogens with one attached hydrogen (secondary N) is 2. The fourth-order valence-electron chi connectivity index (χ4n) is 3.16. The second-order valence-electron chi connectivity index (χ2n) is 7.37. The van der Waals surface area contributed by atoms with Gasteiger partial charge in [-0.3, -0.25) is 0 Å². The van der Waals surface area contributed by atoms with Gasteiger partial charge in [-0.25, -0.2) is 18.7 Å². The van der Waals surface area contributed by atoms with E-state index in [1.54, 1.807) is 49.9 Å². The lowest BCUT2D eigenvalue weighted by Crippen LogP contribution is -2.27. The predicted octanol–water partition coefficient (Wildman–Crippen LogP) is 4.54. The topological polar surface area (TPSA) is 79.3 Å². The van der Waals surface area contributed by atoms with Crippen LogP contribution in [0.5, 0.6) is 0 Å². The van der Waals surface area contributed by atoms with Gasteiger partial charge in [0.15, 0.2) is 0 Å². The average Bonchev–Trinajstić information content (AvgIpc) is 3.11. The first-order valence-electron chi connectivity index (χ1n) is 9.85. The Morgan fingerprint density at radius 3 is 2.41 bits per heavy atom. The smallest absolute Gasteiger partial charge is 0.331 e. The molecule has 3 rings (SSSR count). The third kappa shape index (κ3) is 5.10. The van der Waals surface area contributed by atoms with E-state index in [4.69, 9.17) is 0 Å². The number of hydrogen-bond acceptors (Lipinski definition) is 3. The average molecular weight is 468 g/mol. The second-order valence-corrected chi connectivity index (χ2v) is 8.62. The Balaban J connectivity index is 1.79. The monoisotopic (exact) mass is 467 g/mol. The van der Waals surface area contributed by atoms with Crippen LogP contribution in [0.2, 0.25) is 0 Å². The summed E-state index contributed by atoms with van der Waals surface area (Å²) in [4.78, 5) is 18.1. The second kappa shape index (κ2) is 9.29. The highest BCUT2D eigenvalue weighted by atomic mass is 32.2. The van der Waals surface area contributed by atoms with Gasteiger partial charge < -0.3 is 14.8 Å². The van der Waals surface area contributed by atoms with Crippen LogP contribution in [0.1, 0.15) is 31.3 Å². The number of hydrogen-bond donors (Lipinski definition) is 2. The Morgan fingerprint density at radius 1 is 1.19 bits per heavy atom. The van der Waals surface area contributed by atoms with Crippen molar-refractivity contribution >= 4 is 33.7 Å². The molecule has 7 nitrogen and oxygen atoms in total. The summed E-state index contributed by atoms with van der Waals surface area (Å²) in [6, 6.07) is 9.19. The highest BCUT2D eigenvalue weighted by molar-refractivity contribution is 7.83. The molecule has 1 unspecified atom stereocenters. The van der Waals surface area contributed by atoms with Crippen LogP contribution in [-0.4, -0.2) is 38.8 Å². The molecule has 0 saturated heterocycles. The van der Waals surface area contributed by atoms with Crippen molar-refractivity contribution in [2.24, 2.45) is 0 Å². The molecule has 11 heteroatoms. The number of fused-ring (bicyclic) bond motifs is 1. The van der Waals surface area contributed by atoms with E-state index in [1.165, 1.54) is 11.0 Å². The lowest BCUT2D eigenvalue weighted by atomic mass is 10.2. The van der Waals surface area contributed by atoms with Gasteiger partial charge in [-0.2, -0.15) is 13.2 Å². The molecule has 2 N–H and O–H groups in total. The van der Waals surface area contributed by atoms with Crippen molar-refractivity contribution in [2.75, 3.05) is 19.4 Å². The van der Waals surface area contributed by atoms with Crippen LogP contribution in [0, 0.1) is 0 Å². The number of nitrogens with zero attached hydrogens (tertiary/aromatic N) is 3. The summed E-state index contributed by atoms with van der Waals surface area (Å²) in [6.07, 6.45) is -4.44. The van der Waals surface area contributed by atoms with Gasteiger partial charge in [0.05, 0.1) is 27.5 Å². The lowest BCUT2D eigenvalue weighted by molar-refractivity contribution is -0.137. The fraction of sp³-hybridized carbons (Fsp3) is 0.333. The normalized spacial score (nSPS) is 13.7. The largest absolute Gasteiger partial charge is 0.416 e. The quantitative estimate of drug-likeness (QED) is 0.559. The molecular weight excluding hydrogens is 443 g/mol.